The van der Waals surface area contributed by atoms with Crippen LogP contribution >= 0.6 is 0 Å². The Morgan fingerprint density at radius 3 is 2.21 bits per heavy atom. The Labute approximate surface area is 191 Å². The van der Waals surface area contributed by atoms with Gasteiger partial charge < -0.3 is 29.2 Å². The van der Waals surface area contributed by atoms with Gasteiger partial charge in [0.05, 0.1) is 32.6 Å². The number of ether oxygens (including phenoxy) is 4. The molecular formula is C25H24N2O6. The maximum Gasteiger partial charge on any atom is 0.261 e. The average Bonchev–Trinajstić information content (AvgIpc) is 2.92. The molecule has 0 fully saturated rings. The molecule has 1 aliphatic rings. The van der Waals surface area contributed by atoms with Crippen LogP contribution in [0.25, 0.3) is 0 Å². The number of carbonyl (C=O) groups excluding carboxylic acids is 2. The van der Waals surface area contributed by atoms with Gasteiger partial charge in [-0.25, -0.2) is 0 Å². The molecule has 0 aliphatic carbocycles. The first-order chi connectivity index (χ1) is 15.9. The Hall–Kier alpha value is -4.20. The SMILES string of the molecule is COc1cc(C(=O)Nc2ccc3c(c2)C(=O)N(C)c2cc(C)ccc2O3)cc(OC)c1OC. The van der Waals surface area contributed by atoms with E-state index in [1.165, 1.54) is 21.3 Å². The van der Waals surface area contributed by atoms with Gasteiger partial charge in [-0.05, 0) is 55.0 Å². The van der Waals surface area contributed by atoms with E-state index in [4.69, 9.17) is 18.9 Å². The molecule has 33 heavy (non-hydrogen) atoms. The van der Waals surface area contributed by atoms with Crippen LogP contribution in [0.2, 0.25) is 0 Å². The summed E-state index contributed by atoms with van der Waals surface area (Å²) in [6.45, 7) is 1.95. The van der Waals surface area contributed by atoms with Gasteiger partial charge in [0.1, 0.15) is 5.75 Å². The molecule has 8 heteroatoms. The van der Waals surface area contributed by atoms with Crippen molar-refractivity contribution in [2.75, 3.05) is 38.6 Å². The number of nitrogens with zero attached hydrogens (tertiary/aromatic N) is 1. The molecule has 3 aromatic rings. The molecule has 170 valence electrons. The Morgan fingerprint density at radius 1 is 0.909 bits per heavy atom. The van der Waals surface area contributed by atoms with E-state index in [1.54, 1.807) is 42.3 Å². The number of aryl methyl sites for hydroxylation is 1. The van der Waals surface area contributed by atoms with Crippen molar-refractivity contribution in [3.05, 3.63) is 65.2 Å². The zero-order valence-electron chi connectivity index (χ0n) is 19.0. The summed E-state index contributed by atoms with van der Waals surface area (Å²) in [6.07, 6.45) is 0. The number of amides is 2. The summed E-state index contributed by atoms with van der Waals surface area (Å²) in [5.74, 6) is 1.48. The number of methoxy groups -OCH3 is 3. The largest absolute Gasteiger partial charge is 0.493 e. The van der Waals surface area contributed by atoms with Gasteiger partial charge in [0, 0.05) is 18.3 Å². The third-order valence-corrected chi connectivity index (χ3v) is 5.40. The van der Waals surface area contributed by atoms with Crippen LogP contribution in [0.1, 0.15) is 26.3 Å². The summed E-state index contributed by atoms with van der Waals surface area (Å²) in [4.78, 5) is 27.6. The van der Waals surface area contributed by atoms with E-state index < -0.39 is 5.91 Å². The maximum absolute atomic E-state index is 13.1. The third kappa shape index (κ3) is 4.03. The normalized spacial score (nSPS) is 12.2. The highest BCUT2D eigenvalue weighted by atomic mass is 16.5. The van der Waals surface area contributed by atoms with E-state index in [9.17, 15) is 9.59 Å². The van der Waals surface area contributed by atoms with E-state index in [-0.39, 0.29) is 5.91 Å². The van der Waals surface area contributed by atoms with Crippen molar-refractivity contribution in [1.82, 2.24) is 0 Å². The lowest BCUT2D eigenvalue weighted by Crippen LogP contribution is -2.25. The number of carbonyl (C=O) groups is 2. The summed E-state index contributed by atoms with van der Waals surface area (Å²) in [6, 6.07) is 13.7. The van der Waals surface area contributed by atoms with Gasteiger partial charge in [0.2, 0.25) is 5.75 Å². The molecule has 0 aromatic heterocycles. The fourth-order valence-corrected chi connectivity index (χ4v) is 3.66. The van der Waals surface area contributed by atoms with E-state index in [0.717, 1.165) is 5.56 Å². The zero-order valence-corrected chi connectivity index (χ0v) is 19.0. The average molecular weight is 448 g/mol. The van der Waals surface area contributed by atoms with Gasteiger partial charge in [-0.1, -0.05) is 6.07 Å². The van der Waals surface area contributed by atoms with Gasteiger partial charge in [0.15, 0.2) is 17.2 Å². The van der Waals surface area contributed by atoms with Gasteiger partial charge in [-0.15, -0.1) is 0 Å². The number of hydrogen-bond acceptors (Lipinski definition) is 6. The van der Waals surface area contributed by atoms with E-state index >= 15 is 0 Å². The van der Waals surface area contributed by atoms with Crippen molar-refractivity contribution in [1.29, 1.82) is 0 Å². The summed E-state index contributed by atoms with van der Waals surface area (Å²) >= 11 is 0. The third-order valence-electron chi connectivity index (χ3n) is 5.40. The van der Waals surface area contributed by atoms with Crippen LogP contribution in [0.5, 0.6) is 28.7 Å². The first-order valence-electron chi connectivity index (χ1n) is 10.2. The molecule has 3 aromatic carbocycles. The second kappa shape index (κ2) is 8.74. The minimum atomic E-state index is -0.400. The molecule has 0 saturated carbocycles. The second-order valence-electron chi connectivity index (χ2n) is 7.52. The lowest BCUT2D eigenvalue weighted by molar-refractivity contribution is 0.0990. The van der Waals surface area contributed by atoms with Crippen LogP contribution in [0.15, 0.2) is 48.5 Å². The molecule has 0 bridgehead atoms. The molecule has 0 radical (unpaired) electrons. The maximum atomic E-state index is 13.1. The van der Waals surface area contributed by atoms with Crippen LogP contribution < -0.4 is 29.2 Å². The number of benzene rings is 3. The molecule has 2 amide bonds. The first-order valence-corrected chi connectivity index (χ1v) is 10.2. The monoisotopic (exact) mass is 448 g/mol. The summed E-state index contributed by atoms with van der Waals surface area (Å²) < 4.78 is 22.0. The van der Waals surface area contributed by atoms with Crippen LogP contribution in [-0.4, -0.2) is 40.2 Å². The van der Waals surface area contributed by atoms with Crippen molar-refractivity contribution in [3.63, 3.8) is 0 Å². The van der Waals surface area contributed by atoms with Crippen LogP contribution in [0.4, 0.5) is 11.4 Å². The summed E-state index contributed by atoms with van der Waals surface area (Å²) in [5, 5.41) is 2.82. The van der Waals surface area contributed by atoms with Crippen molar-refractivity contribution in [3.8, 4) is 28.7 Å². The minimum absolute atomic E-state index is 0.238. The van der Waals surface area contributed by atoms with E-state index in [1.807, 2.05) is 25.1 Å². The molecule has 4 rings (SSSR count). The Bertz CT molecular complexity index is 1230. The Balaban J connectivity index is 1.65. The van der Waals surface area contributed by atoms with Crippen LogP contribution in [-0.2, 0) is 0 Å². The number of hydrogen-bond donors (Lipinski definition) is 1. The quantitative estimate of drug-likeness (QED) is 0.611. The molecular weight excluding hydrogens is 424 g/mol. The number of nitrogens with one attached hydrogen (secondary N) is 1. The van der Waals surface area contributed by atoms with Gasteiger partial charge in [0.25, 0.3) is 11.8 Å². The van der Waals surface area contributed by atoms with E-state index in [0.29, 0.717) is 51.2 Å². The molecule has 8 nitrogen and oxygen atoms in total. The molecule has 1 N–H and O–H groups in total. The fourth-order valence-electron chi connectivity index (χ4n) is 3.66. The highest BCUT2D eigenvalue weighted by Crippen LogP contribution is 2.40. The van der Waals surface area contributed by atoms with E-state index in [2.05, 4.69) is 5.32 Å². The predicted molar refractivity (Wildman–Crippen MR) is 124 cm³/mol. The van der Waals surface area contributed by atoms with Crippen molar-refractivity contribution in [2.45, 2.75) is 6.92 Å². The van der Waals surface area contributed by atoms with Crippen molar-refractivity contribution < 1.29 is 28.5 Å². The van der Waals surface area contributed by atoms with Gasteiger partial charge in [-0.3, -0.25) is 9.59 Å². The fraction of sp³-hybridized carbons (Fsp3) is 0.200. The van der Waals surface area contributed by atoms with Crippen molar-refractivity contribution in [2.24, 2.45) is 0 Å². The lowest BCUT2D eigenvalue weighted by atomic mass is 10.1. The highest BCUT2D eigenvalue weighted by molar-refractivity contribution is 6.11. The summed E-state index contributed by atoms with van der Waals surface area (Å²) in [7, 11) is 6.14. The van der Waals surface area contributed by atoms with Crippen LogP contribution in [0, 0.1) is 6.92 Å². The van der Waals surface area contributed by atoms with Crippen LogP contribution in [0.3, 0.4) is 0 Å². The Morgan fingerprint density at radius 2 is 1.58 bits per heavy atom. The minimum Gasteiger partial charge on any atom is -0.493 e. The molecule has 1 heterocycles. The molecule has 0 saturated heterocycles. The summed E-state index contributed by atoms with van der Waals surface area (Å²) in [5.41, 5.74) is 2.79. The molecule has 0 spiro atoms. The standard InChI is InChI=1S/C25H24N2O6/c1-14-6-8-20-18(10-14)27(2)25(29)17-13-16(7-9-19(17)33-20)26-24(28)15-11-21(30-3)23(32-5)22(12-15)31-4/h6-13H,1-5H3,(H,26,28). The topological polar surface area (TPSA) is 86.3 Å². The zero-order chi connectivity index (χ0) is 23.7. The number of fused-ring (bicyclic) bond motifs is 2. The highest BCUT2D eigenvalue weighted by Gasteiger charge is 2.26. The van der Waals surface area contributed by atoms with Gasteiger partial charge in [-0.2, -0.15) is 0 Å². The number of anilines is 2. The first kappa shape index (κ1) is 22.0. The molecule has 0 unspecified atom stereocenters. The molecule has 0 atom stereocenters. The predicted octanol–water partition coefficient (Wildman–Crippen LogP) is 4.66. The second-order valence-corrected chi connectivity index (χ2v) is 7.52. The van der Waals surface area contributed by atoms with Gasteiger partial charge >= 0.3 is 0 Å². The lowest BCUT2D eigenvalue weighted by Gasteiger charge is -2.17. The Kier molecular flexibility index (Phi) is 5.83. The smallest absolute Gasteiger partial charge is 0.261 e. The number of rotatable bonds is 5. The molecule has 1 aliphatic heterocycles. The van der Waals surface area contributed by atoms with Crippen molar-refractivity contribution >= 4 is 23.2 Å².